The summed E-state index contributed by atoms with van der Waals surface area (Å²) in [4.78, 5) is 21.9. The maximum atomic E-state index is 11.7. The molecule has 6 heteroatoms. The van der Waals surface area contributed by atoms with Gasteiger partial charge in [0.1, 0.15) is 6.04 Å². The van der Waals surface area contributed by atoms with E-state index >= 15 is 0 Å². The van der Waals surface area contributed by atoms with Crippen LogP contribution in [-0.4, -0.2) is 30.1 Å². The number of nitro benzene ring substituents is 1. The summed E-state index contributed by atoms with van der Waals surface area (Å²) in [5.41, 5.74) is 1.08. The molecule has 0 radical (unpaired) electrons. The molecule has 0 aliphatic heterocycles. The van der Waals surface area contributed by atoms with Gasteiger partial charge >= 0.3 is 5.97 Å². The third-order valence-electron chi connectivity index (χ3n) is 3.10. The van der Waals surface area contributed by atoms with Gasteiger partial charge in [0.15, 0.2) is 0 Å². The number of nitrogens with zero attached hydrogens (tertiary/aromatic N) is 1. The second-order valence-electron chi connectivity index (χ2n) is 4.72. The van der Waals surface area contributed by atoms with Crippen molar-refractivity contribution in [3.05, 3.63) is 39.9 Å². The summed E-state index contributed by atoms with van der Waals surface area (Å²) in [6, 6.07) is 6.17. The van der Waals surface area contributed by atoms with E-state index in [0.29, 0.717) is 19.6 Å². The van der Waals surface area contributed by atoms with Crippen LogP contribution >= 0.6 is 0 Å². The number of hydrogen-bond donors (Lipinski definition) is 1. The van der Waals surface area contributed by atoms with Crippen molar-refractivity contribution in [1.29, 1.82) is 0 Å². The summed E-state index contributed by atoms with van der Waals surface area (Å²) >= 11 is 0. The van der Waals surface area contributed by atoms with Gasteiger partial charge in [-0.15, -0.1) is 0 Å². The van der Waals surface area contributed by atoms with E-state index in [4.69, 9.17) is 4.74 Å². The van der Waals surface area contributed by atoms with Gasteiger partial charge in [-0.2, -0.15) is 0 Å². The van der Waals surface area contributed by atoms with Crippen LogP contribution in [-0.2, 0) is 16.0 Å². The van der Waals surface area contributed by atoms with Gasteiger partial charge in [0.2, 0.25) is 0 Å². The molecule has 0 saturated heterocycles. The van der Waals surface area contributed by atoms with Crippen LogP contribution in [0.3, 0.4) is 0 Å². The molecule has 1 unspecified atom stereocenters. The molecule has 1 aromatic carbocycles. The van der Waals surface area contributed by atoms with E-state index in [-0.39, 0.29) is 17.7 Å². The lowest BCUT2D eigenvalue weighted by molar-refractivity contribution is -0.384. The van der Waals surface area contributed by atoms with Crippen LogP contribution in [0.4, 0.5) is 5.69 Å². The fourth-order valence-corrected chi connectivity index (χ4v) is 2.01. The summed E-state index contributed by atoms with van der Waals surface area (Å²) in [7, 11) is 0. The average molecular weight is 294 g/mol. The van der Waals surface area contributed by atoms with Gasteiger partial charge in [0.25, 0.3) is 5.69 Å². The number of hydrogen-bond acceptors (Lipinski definition) is 5. The van der Waals surface area contributed by atoms with Crippen LogP contribution in [0.5, 0.6) is 0 Å². The maximum Gasteiger partial charge on any atom is 0.323 e. The van der Waals surface area contributed by atoms with Crippen LogP contribution in [0.25, 0.3) is 0 Å². The fraction of sp³-hybridized carbons (Fsp3) is 0.533. The summed E-state index contributed by atoms with van der Waals surface area (Å²) in [6.07, 6.45) is 2.34. The number of nitrogens with one attached hydrogen (secondary N) is 1. The number of carbonyl (C=O) groups excluding carboxylic acids is 1. The Balaban J connectivity index is 2.45. The zero-order chi connectivity index (χ0) is 15.7. The summed E-state index contributed by atoms with van der Waals surface area (Å²) in [5, 5.41) is 13.7. The van der Waals surface area contributed by atoms with E-state index in [1.807, 2.05) is 6.92 Å². The summed E-state index contributed by atoms with van der Waals surface area (Å²) in [5.74, 6) is -0.219. The highest BCUT2D eigenvalue weighted by Crippen LogP contribution is 2.12. The molecule has 21 heavy (non-hydrogen) atoms. The second kappa shape index (κ2) is 9.07. The van der Waals surface area contributed by atoms with Crippen LogP contribution in [0.2, 0.25) is 0 Å². The standard InChI is InChI=1S/C15H22N2O4/c1-3-5-14(15(18)21-4-2)16-11-10-12-6-8-13(9-7-12)17(19)20/h6-9,14,16H,3-5,10-11H2,1-2H3. The highest BCUT2D eigenvalue weighted by molar-refractivity contribution is 5.75. The van der Waals surface area contributed by atoms with E-state index < -0.39 is 4.92 Å². The minimum Gasteiger partial charge on any atom is -0.465 e. The van der Waals surface area contributed by atoms with Gasteiger partial charge in [-0.05, 0) is 31.9 Å². The molecule has 0 fully saturated rings. The predicted molar refractivity (Wildman–Crippen MR) is 80.1 cm³/mol. The average Bonchev–Trinajstić information content (AvgIpc) is 2.47. The molecule has 1 N–H and O–H groups in total. The zero-order valence-corrected chi connectivity index (χ0v) is 12.5. The van der Waals surface area contributed by atoms with Crippen molar-refractivity contribution in [2.24, 2.45) is 0 Å². The Kier molecular flexibility index (Phi) is 7.39. The molecule has 0 heterocycles. The molecule has 1 rings (SSSR count). The minimum atomic E-state index is -0.417. The molecule has 0 aliphatic rings. The zero-order valence-electron chi connectivity index (χ0n) is 12.5. The number of rotatable bonds is 9. The number of esters is 1. The van der Waals surface area contributed by atoms with Gasteiger partial charge < -0.3 is 10.1 Å². The predicted octanol–water partition coefficient (Wildman–Crippen LogP) is 2.46. The Morgan fingerprint density at radius 1 is 1.33 bits per heavy atom. The smallest absolute Gasteiger partial charge is 0.323 e. The molecule has 1 aromatic rings. The van der Waals surface area contributed by atoms with E-state index in [0.717, 1.165) is 18.4 Å². The Morgan fingerprint density at radius 3 is 2.52 bits per heavy atom. The number of benzene rings is 1. The largest absolute Gasteiger partial charge is 0.465 e. The first-order valence-corrected chi connectivity index (χ1v) is 7.21. The minimum absolute atomic E-state index is 0.0853. The van der Waals surface area contributed by atoms with Crippen molar-refractivity contribution < 1.29 is 14.5 Å². The second-order valence-corrected chi connectivity index (χ2v) is 4.72. The molecule has 0 aliphatic carbocycles. The number of carbonyl (C=O) groups is 1. The molecule has 1 atom stereocenters. The van der Waals surface area contributed by atoms with Crippen LogP contribution < -0.4 is 5.32 Å². The van der Waals surface area contributed by atoms with Gasteiger partial charge in [-0.1, -0.05) is 25.5 Å². The molecule has 6 nitrogen and oxygen atoms in total. The fourth-order valence-electron chi connectivity index (χ4n) is 2.01. The van der Waals surface area contributed by atoms with Crippen molar-refractivity contribution >= 4 is 11.7 Å². The van der Waals surface area contributed by atoms with Gasteiger partial charge in [-0.3, -0.25) is 14.9 Å². The maximum absolute atomic E-state index is 11.7. The topological polar surface area (TPSA) is 81.5 Å². The molecule has 0 saturated carbocycles. The van der Waals surface area contributed by atoms with E-state index in [2.05, 4.69) is 5.32 Å². The number of nitro groups is 1. The van der Waals surface area contributed by atoms with E-state index in [1.165, 1.54) is 12.1 Å². The lowest BCUT2D eigenvalue weighted by atomic mass is 10.1. The highest BCUT2D eigenvalue weighted by atomic mass is 16.6. The van der Waals surface area contributed by atoms with Crippen LogP contribution in [0.1, 0.15) is 32.3 Å². The normalized spacial score (nSPS) is 11.9. The Labute approximate surface area is 124 Å². The Morgan fingerprint density at radius 2 is 2.00 bits per heavy atom. The van der Waals surface area contributed by atoms with Crippen LogP contribution in [0, 0.1) is 10.1 Å². The van der Waals surface area contributed by atoms with E-state index in [1.54, 1.807) is 19.1 Å². The highest BCUT2D eigenvalue weighted by Gasteiger charge is 2.17. The molecule has 0 aromatic heterocycles. The molecule has 0 bridgehead atoms. The number of ether oxygens (including phenoxy) is 1. The molecule has 0 spiro atoms. The lowest BCUT2D eigenvalue weighted by Gasteiger charge is -2.16. The van der Waals surface area contributed by atoms with Gasteiger partial charge in [0.05, 0.1) is 11.5 Å². The third-order valence-corrected chi connectivity index (χ3v) is 3.10. The summed E-state index contributed by atoms with van der Waals surface area (Å²) in [6.45, 7) is 4.81. The first-order chi connectivity index (χ1) is 10.1. The van der Waals surface area contributed by atoms with Crippen molar-refractivity contribution in [3.63, 3.8) is 0 Å². The van der Waals surface area contributed by atoms with Gasteiger partial charge in [-0.25, -0.2) is 0 Å². The van der Waals surface area contributed by atoms with Crippen molar-refractivity contribution in [1.82, 2.24) is 5.32 Å². The van der Waals surface area contributed by atoms with Crippen molar-refractivity contribution in [2.45, 2.75) is 39.2 Å². The Hall–Kier alpha value is -1.95. The van der Waals surface area contributed by atoms with Crippen molar-refractivity contribution in [3.8, 4) is 0 Å². The molecule has 0 amide bonds. The van der Waals surface area contributed by atoms with Crippen molar-refractivity contribution in [2.75, 3.05) is 13.2 Å². The lowest BCUT2D eigenvalue weighted by Crippen LogP contribution is -2.39. The molecular weight excluding hydrogens is 272 g/mol. The third kappa shape index (κ3) is 5.91. The van der Waals surface area contributed by atoms with Gasteiger partial charge in [0, 0.05) is 12.1 Å². The quantitative estimate of drug-likeness (QED) is 0.430. The monoisotopic (exact) mass is 294 g/mol. The molecule has 116 valence electrons. The SMILES string of the molecule is CCCC(NCCc1ccc([N+](=O)[O-])cc1)C(=O)OCC. The number of non-ortho nitro benzene ring substituents is 1. The van der Waals surface area contributed by atoms with Crippen LogP contribution in [0.15, 0.2) is 24.3 Å². The summed E-state index contributed by atoms with van der Waals surface area (Å²) < 4.78 is 5.03. The Bertz CT molecular complexity index is 459. The van der Waals surface area contributed by atoms with E-state index in [9.17, 15) is 14.9 Å². The first kappa shape index (κ1) is 17.1. The first-order valence-electron chi connectivity index (χ1n) is 7.21. The molecular formula is C15H22N2O4.